The number of aryl methyl sites for hydroxylation is 1. The average molecular weight is 423 g/mol. The molecule has 0 radical (unpaired) electrons. The van der Waals surface area contributed by atoms with E-state index >= 15 is 0 Å². The van der Waals surface area contributed by atoms with Gasteiger partial charge >= 0.3 is 0 Å². The van der Waals surface area contributed by atoms with E-state index in [1.54, 1.807) is 11.0 Å². The molecule has 2 aromatic carbocycles. The summed E-state index contributed by atoms with van der Waals surface area (Å²) in [6.45, 7) is 5.55. The second-order valence-corrected chi connectivity index (χ2v) is 7.82. The predicted octanol–water partition coefficient (Wildman–Crippen LogP) is 3.41. The summed E-state index contributed by atoms with van der Waals surface area (Å²) in [7, 11) is 0. The Labute approximate surface area is 183 Å². The monoisotopic (exact) mass is 422 g/mol. The standard InChI is InChI=1S/C24H30N4O3/c1-3-13-27(17-23(30)26-21-11-5-4-8-18(21)2)16-22(29)25-19-9-6-10-20(15-19)28-14-7-12-24(28)31/h4-6,8-11,15H,3,7,12-14,16-17H2,1-2H3,(H,25,29)(H,26,30). The highest BCUT2D eigenvalue weighted by Crippen LogP contribution is 2.24. The van der Waals surface area contributed by atoms with E-state index in [9.17, 15) is 14.4 Å². The lowest BCUT2D eigenvalue weighted by molar-refractivity contribution is -0.120. The van der Waals surface area contributed by atoms with Gasteiger partial charge in [0.05, 0.1) is 13.1 Å². The number of amides is 3. The first-order chi connectivity index (χ1) is 15.0. The van der Waals surface area contributed by atoms with Crippen LogP contribution in [0.3, 0.4) is 0 Å². The minimum Gasteiger partial charge on any atom is -0.325 e. The van der Waals surface area contributed by atoms with Crippen molar-refractivity contribution in [1.29, 1.82) is 0 Å². The normalized spacial score (nSPS) is 13.5. The highest BCUT2D eigenvalue weighted by molar-refractivity contribution is 5.98. The Kier molecular flexibility index (Phi) is 7.78. The number of anilines is 3. The highest BCUT2D eigenvalue weighted by Gasteiger charge is 2.22. The zero-order chi connectivity index (χ0) is 22.2. The zero-order valence-corrected chi connectivity index (χ0v) is 18.2. The van der Waals surface area contributed by atoms with Gasteiger partial charge in [0.25, 0.3) is 0 Å². The van der Waals surface area contributed by atoms with E-state index in [0.717, 1.165) is 29.8 Å². The minimum atomic E-state index is -0.193. The lowest BCUT2D eigenvalue weighted by atomic mass is 10.2. The Morgan fingerprint density at radius 2 is 1.77 bits per heavy atom. The molecule has 0 aliphatic carbocycles. The maximum atomic E-state index is 12.6. The van der Waals surface area contributed by atoms with Gasteiger partial charge in [-0.15, -0.1) is 0 Å². The second kappa shape index (κ2) is 10.7. The molecular weight excluding hydrogens is 392 g/mol. The summed E-state index contributed by atoms with van der Waals surface area (Å²) in [6.07, 6.45) is 2.25. The number of para-hydroxylation sites is 1. The number of hydrogen-bond donors (Lipinski definition) is 2. The largest absolute Gasteiger partial charge is 0.325 e. The molecule has 0 saturated carbocycles. The SMILES string of the molecule is CCCN(CC(=O)Nc1cccc(N2CCCC2=O)c1)CC(=O)Nc1ccccc1C. The molecule has 3 rings (SSSR count). The molecule has 2 aromatic rings. The lowest BCUT2D eigenvalue weighted by Crippen LogP contribution is -2.39. The average Bonchev–Trinajstić information content (AvgIpc) is 3.16. The molecule has 2 N–H and O–H groups in total. The maximum absolute atomic E-state index is 12.6. The van der Waals surface area contributed by atoms with Crippen molar-refractivity contribution < 1.29 is 14.4 Å². The van der Waals surface area contributed by atoms with Crippen LogP contribution in [-0.4, -0.2) is 48.8 Å². The predicted molar refractivity (Wildman–Crippen MR) is 123 cm³/mol. The van der Waals surface area contributed by atoms with Gasteiger partial charge < -0.3 is 15.5 Å². The van der Waals surface area contributed by atoms with Crippen LogP contribution in [-0.2, 0) is 14.4 Å². The van der Waals surface area contributed by atoms with Gasteiger partial charge in [0.1, 0.15) is 0 Å². The van der Waals surface area contributed by atoms with Crippen molar-refractivity contribution in [2.45, 2.75) is 33.1 Å². The molecule has 3 amide bonds. The van der Waals surface area contributed by atoms with Crippen LogP contribution in [0.4, 0.5) is 17.1 Å². The van der Waals surface area contributed by atoms with Crippen molar-refractivity contribution >= 4 is 34.8 Å². The first-order valence-electron chi connectivity index (χ1n) is 10.7. The van der Waals surface area contributed by atoms with Gasteiger partial charge in [0, 0.05) is 30.0 Å². The molecule has 7 nitrogen and oxygen atoms in total. The van der Waals surface area contributed by atoms with Crippen LogP contribution in [0, 0.1) is 6.92 Å². The fraction of sp³-hybridized carbons (Fsp3) is 0.375. The quantitative estimate of drug-likeness (QED) is 0.649. The summed E-state index contributed by atoms with van der Waals surface area (Å²) >= 11 is 0. The summed E-state index contributed by atoms with van der Waals surface area (Å²) in [6, 6.07) is 14.9. The molecule has 0 aromatic heterocycles. The number of nitrogens with one attached hydrogen (secondary N) is 2. The Balaban J connectivity index is 1.57. The van der Waals surface area contributed by atoms with Crippen molar-refractivity contribution in [2.75, 3.05) is 41.7 Å². The van der Waals surface area contributed by atoms with Crippen LogP contribution in [0.1, 0.15) is 31.7 Å². The third-order valence-corrected chi connectivity index (χ3v) is 5.21. The molecule has 0 atom stereocenters. The first-order valence-corrected chi connectivity index (χ1v) is 10.7. The summed E-state index contributed by atoms with van der Waals surface area (Å²) in [5.41, 5.74) is 3.21. The van der Waals surface area contributed by atoms with E-state index in [-0.39, 0.29) is 30.8 Å². The maximum Gasteiger partial charge on any atom is 0.238 e. The fourth-order valence-electron chi connectivity index (χ4n) is 3.71. The van der Waals surface area contributed by atoms with Crippen molar-refractivity contribution in [3.8, 4) is 0 Å². The van der Waals surface area contributed by atoms with Crippen LogP contribution in [0.5, 0.6) is 0 Å². The lowest BCUT2D eigenvalue weighted by Gasteiger charge is -2.21. The van der Waals surface area contributed by atoms with E-state index in [1.807, 2.05) is 61.2 Å². The third-order valence-electron chi connectivity index (χ3n) is 5.21. The van der Waals surface area contributed by atoms with E-state index in [4.69, 9.17) is 0 Å². The summed E-state index contributed by atoms with van der Waals surface area (Å²) in [5.74, 6) is -0.232. The summed E-state index contributed by atoms with van der Waals surface area (Å²) in [5, 5.41) is 5.81. The smallest absolute Gasteiger partial charge is 0.238 e. The van der Waals surface area contributed by atoms with Gasteiger partial charge in [0.15, 0.2) is 0 Å². The van der Waals surface area contributed by atoms with E-state index in [2.05, 4.69) is 10.6 Å². The van der Waals surface area contributed by atoms with Gasteiger partial charge in [-0.1, -0.05) is 31.2 Å². The molecule has 1 saturated heterocycles. The number of carbonyl (C=O) groups excluding carboxylic acids is 3. The number of carbonyl (C=O) groups is 3. The molecule has 1 fully saturated rings. The van der Waals surface area contributed by atoms with Gasteiger partial charge in [-0.2, -0.15) is 0 Å². The van der Waals surface area contributed by atoms with E-state index in [0.29, 0.717) is 25.2 Å². The van der Waals surface area contributed by atoms with Crippen molar-refractivity contribution in [2.24, 2.45) is 0 Å². The molecule has 0 unspecified atom stereocenters. The molecule has 1 aliphatic rings. The molecule has 31 heavy (non-hydrogen) atoms. The zero-order valence-electron chi connectivity index (χ0n) is 18.2. The minimum absolute atomic E-state index is 0.109. The molecule has 0 spiro atoms. The summed E-state index contributed by atoms with van der Waals surface area (Å²) < 4.78 is 0. The van der Waals surface area contributed by atoms with Gasteiger partial charge in [-0.3, -0.25) is 19.3 Å². The Morgan fingerprint density at radius 1 is 1.03 bits per heavy atom. The number of hydrogen-bond acceptors (Lipinski definition) is 4. The number of rotatable bonds is 9. The number of benzene rings is 2. The van der Waals surface area contributed by atoms with Crippen LogP contribution in [0.15, 0.2) is 48.5 Å². The number of nitrogens with zero attached hydrogens (tertiary/aromatic N) is 2. The van der Waals surface area contributed by atoms with Crippen molar-refractivity contribution in [1.82, 2.24) is 4.90 Å². The van der Waals surface area contributed by atoms with Gasteiger partial charge in [0.2, 0.25) is 17.7 Å². The van der Waals surface area contributed by atoms with Crippen LogP contribution in [0.2, 0.25) is 0 Å². The van der Waals surface area contributed by atoms with Crippen molar-refractivity contribution in [3.05, 3.63) is 54.1 Å². The second-order valence-electron chi connectivity index (χ2n) is 7.82. The Bertz CT molecular complexity index is 944. The van der Waals surface area contributed by atoms with Gasteiger partial charge in [-0.05, 0) is 56.1 Å². The Morgan fingerprint density at radius 3 is 2.45 bits per heavy atom. The molecule has 1 aliphatic heterocycles. The van der Waals surface area contributed by atoms with E-state index < -0.39 is 0 Å². The molecular formula is C24H30N4O3. The molecule has 7 heteroatoms. The van der Waals surface area contributed by atoms with Crippen LogP contribution in [0.25, 0.3) is 0 Å². The van der Waals surface area contributed by atoms with Crippen molar-refractivity contribution in [3.63, 3.8) is 0 Å². The third kappa shape index (κ3) is 6.39. The topological polar surface area (TPSA) is 81.8 Å². The Hall–Kier alpha value is -3.19. The van der Waals surface area contributed by atoms with Crippen LogP contribution < -0.4 is 15.5 Å². The van der Waals surface area contributed by atoms with E-state index in [1.165, 1.54) is 0 Å². The first kappa shape index (κ1) is 22.5. The fourth-order valence-corrected chi connectivity index (χ4v) is 3.71. The molecule has 1 heterocycles. The molecule has 0 bridgehead atoms. The highest BCUT2D eigenvalue weighted by atomic mass is 16.2. The van der Waals surface area contributed by atoms with Gasteiger partial charge in [-0.25, -0.2) is 0 Å². The summed E-state index contributed by atoms with van der Waals surface area (Å²) in [4.78, 5) is 40.7. The van der Waals surface area contributed by atoms with Crippen LogP contribution >= 0.6 is 0 Å². The molecule has 164 valence electrons.